The Kier molecular flexibility index (Phi) is 5.74. The second-order valence-corrected chi connectivity index (χ2v) is 4.69. The Bertz CT molecular complexity index is 606. The van der Waals surface area contributed by atoms with E-state index in [2.05, 4.69) is 4.98 Å². The molecule has 2 N–H and O–H groups in total. The van der Waals surface area contributed by atoms with E-state index in [1.807, 2.05) is 30.3 Å². The third kappa shape index (κ3) is 3.20. The molecule has 6 heteroatoms. The number of carbonyl (C=O) groups excluding carboxylic acids is 1. The van der Waals surface area contributed by atoms with Crippen molar-refractivity contribution >= 4 is 41.6 Å². The quantitative estimate of drug-likeness (QED) is 0.878. The Balaban J connectivity index is 0.000001000. The van der Waals surface area contributed by atoms with Gasteiger partial charge in [0.2, 0.25) is 0 Å². The van der Waals surface area contributed by atoms with Gasteiger partial charge in [0.05, 0.1) is 5.52 Å². The number of likely N-dealkylation sites (tertiary alicyclic amines) is 1. The van der Waals surface area contributed by atoms with E-state index in [0.717, 1.165) is 23.9 Å². The van der Waals surface area contributed by atoms with Gasteiger partial charge in [0.15, 0.2) is 0 Å². The maximum atomic E-state index is 12.2. The first-order valence-electron chi connectivity index (χ1n) is 6.15. The van der Waals surface area contributed by atoms with Gasteiger partial charge in [-0.1, -0.05) is 24.3 Å². The van der Waals surface area contributed by atoms with E-state index in [1.165, 1.54) is 0 Å². The summed E-state index contributed by atoms with van der Waals surface area (Å²) in [6, 6.07) is 11.6. The van der Waals surface area contributed by atoms with Crippen LogP contribution in [0.15, 0.2) is 36.4 Å². The number of aromatic nitrogens is 1. The van der Waals surface area contributed by atoms with Crippen LogP contribution in [0.2, 0.25) is 0 Å². The van der Waals surface area contributed by atoms with E-state index in [4.69, 9.17) is 5.73 Å². The van der Waals surface area contributed by atoms with Crippen LogP contribution in [0.5, 0.6) is 0 Å². The molecule has 0 radical (unpaired) electrons. The molecule has 1 atom stereocenters. The average Bonchev–Trinajstić information content (AvgIpc) is 2.84. The van der Waals surface area contributed by atoms with Gasteiger partial charge in [0.25, 0.3) is 5.91 Å². The van der Waals surface area contributed by atoms with E-state index in [9.17, 15) is 4.79 Å². The normalized spacial score (nSPS) is 17.4. The number of nitrogens with zero attached hydrogens (tertiary/aromatic N) is 2. The van der Waals surface area contributed by atoms with Crippen molar-refractivity contribution < 1.29 is 4.79 Å². The molecule has 20 heavy (non-hydrogen) atoms. The molecule has 0 aliphatic carbocycles. The van der Waals surface area contributed by atoms with E-state index >= 15 is 0 Å². The number of hydrogen-bond acceptors (Lipinski definition) is 3. The van der Waals surface area contributed by atoms with Crippen LogP contribution in [-0.2, 0) is 0 Å². The summed E-state index contributed by atoms with van der Waals surface area (Å²) >= 11 is 0. The lowest BCUT2D eigenvalue weighted by Gasteiger charge is -2.15. The second-order valence-electron chi connectivity index (χ2n) is 4.69. The Labute approximate surface area is 130 Å². The number of nitrogens with two attached hydrogens (primary N) is 1. The highest BCUT2D eigenvalue weighted by atomic mass is 35.5. The standard InChI is InChI=1S/C14H15N3O.2ClH/c15-11-7-8-17(9-11)14(18)13-6-5-10-3-1-2-4-12(10)16-13;;/h1-6,11H,7-9,15H2;2*1H. The molecule has 1 amide bonds. The zero-order valence-electron chi connectivity index (χ0n) is 10.9. The lowest BCUT2D eigenvalue weighted by molar-refractivity contribution is 0.0785. The molecule has 0 bridgehead atoms. The maximum Gasteiger partial charge on any atom is 0.272 e. The third-order valence-electron chi connectivity index (χ3n) is 3.33. The zero-order chi connectivity index (χ0) is 12.5. The third-order valence-corrected chi connectivity index (χ3v) is 3.33. The minimum Gasteiger partial charge on any atom is -0.336 e. The van der Waals surface area contributed by atoms with E-state index in [-0.39, 0.29) is 36.8 Å². The van der Waals surface area contributed by atoms with Crippen molar-refractivity contribution in [1.29, 1.82) is 0 Å². The maximum absolute atomic E-state index is 12.2. The summed E-state index contributed by atoms with van der Waals surface area (Å²) in [5, 5.41) is 1.05. The summed E-state index contributed by atoms with van der Waals surface area (Å²) in [4.78, 5) is 18.4. The van der Waals surface area contributed by atoms with E-state index in [0.29, 0.717) is 12.2 Å². The SMILES string of the molecule is Cl.Cl.NC1CCN(C(=O)c2ccc3ccccc3n2)C1. The van der Waals surface area contributed by atoms with Crippen molar-refractivity contribution in [3.63, 3.8) is 0 Å². The molecule has 1 aliphatic rings. The minimum atomic E-state index is -0.0197. The Hall–Kier alpha value is -1.36. The number of pyridine rings is 1. The Morgan fingerprint density at radius 2 is 1.95 bits per heavy atom. The summed E-state index contributed by atoms with van der Waals surface area (Å²) in [5.74, 6) is -0.0197. The molecule has 1 aliphatic heterocycles. The summed E-state index contributed by atoms with van der Waals surface area (Å²) in [7, 11) is 0. The van der Waals surface area contributed by atoms with Crippen molar-refractivity contribution in [1.82, 2.24) is 9.88 Å². The summed E-state index contributed by atoms with van der Waals surface area (Å²) < 4.78 is 0. The number of fused-ring (bicyclic) bond motifs is 1. The van der Waals surface area contributed by atoms with Gasteiger partial charge in [-0.3, -0.25) is 4.79 Å². The molecule has 1 aromatic carbocycles. The fraction of sp³-hybridized carbons (Fsp3) is 0.286. The largest absolute Gasteiger partial charge is 0.336 e. The van der Waals surface area contributed by atoms with Gasteiger partial charge < -0.3 is 10.6 Å². The van der Waals surface area contributed by atoms with Crippen LogP contribution in [0, 0.1) is 0 Å². The van der Waals surface area contributed by atoms with E-state index in [1.54, 1.807) is 11.0 Å². The number of halogens is 2. The zero-order valence-corrected chi connectivity index (χ0v) is 12.5. The van der Waals surface area contributed by atoms with Crippen LogP contribution in [0.1, 0.15) is 16.9 Å². The molecule has 0 spiro atoms. The van der Waals surface area contributed by atoms with Crippen molar-refractivity contribution in [2.75, 3.05) is 13.1 Å². The number of hydrogen-bond donors (Lipinski definition) is 1. The first-order valence-corrected chi connectivity index (χ1v) is 6.15. The fourth-order valence-electron chi connectivity index (χ4n) is 2.32. The van der Waals surface area contributed by atoms with Gasteiger partial charge in [-0.25, -0.2) is 4.98 Å². The highest BCUT2D eigenvalue weighted by Crippen LogP contribution is 2.15. The molecular weight excluding hydrogens is 297 g/mol. The highest BCUT2D eigenvalue weighted by Gasteiger charge is 2.25. The van der Waals surface area contributed by atoms with Crippen LogP contribution < -0.4 is 5.73 Å². The van der Waals surface area contributed by atoms with Crippen molar-refractivity contribution in [2.45, 2.75) is 12.5 Å². The monoisotopic (exact) mass is 313 g/mol. The predicted molar refractivity (Wildman–Crippen MR) is 84.7 cm³/mol. The minimum absolute atomic E-state index is 0. The molecule has 1 unspecified atom stereocenters. The average molecular weight is 314 g/mol. The second kappa shape index (κ2) is 6.88. The lowest BCUT2D eigenvalue weighted by atomic mass is 10.2. The van der Waals surface area contributed by atoms with Gasteiger partial charge in [0, 0.05) is 24.5 Å². The van der Waals surface area contributed by atoms with Crippen molar-refractivity contribution in [3.8, 4) is 0 Å². The molecule has 3 rings (SSSR count). The Morgan fingerprint density at radius 1 is 1.20 bits per heavy atom. The first-order chi connectivity index (χ1) is 8.74. The van der Waals surface area contributed by atoms with Gasteiger partial charge in [-0.15, -0.1) is 24.8 Å². The van der Waals surface area contributed by atoms with E-state index < -0.39 is 0 Å². The molecule has 2 heterocycles. The van der Waals surface area contributed by atoms with Crippen LogP contribution in [0.3, 0.4) is 0 Å². The molecule has 4 nitrogen and oxygen atoms in total. The number of carbonyl (C=O) groups is 1. The predicted octanol–water partition coefficient (Wildman–Crippen LogP) is 2.25. The van der Waals surface area contributed by atoms with Gasteiger partial charge in [-0.2, -0.15) is 0 Å². The number of benzene rings is 1. The highest BCUT2D eigenvalue weighted by molar-refractivity contribution is 5.95. The summed E-state index contributed by atoms with van der Waals surface area (Å²) in [6.45, 7) is 1.36. The smallest absolute Gasteiger partial charge is 0.272 e. The number of rotatable bonds is 1. The molecule has 2 aromatic rings. The molecule has 0 saturated carbocycles. The topological polar surface area (TPSA) is 59.2 Å². The molecule has 1 fully saturated rings. The van der Waals surface area contributed by atoms with Gasteiger partial charge in [0.1, 0.15) is 5.69 Å². The molecule has 108 valence electrons. The van der Waals surface area contributed by atoms with Crippen molar-refractivity contribution in [2.24, 2.45) is 5.73 Å². The van der Waals surface area contributed by atoms with Crippen LogP contribution >= 0.6 is 24.8 Å². The van der Waals surface area contributed by atoms with Gasteiger partial charge >= 0.3 is 0 Å². The molecule has 1 saturated heterocycles. The summed E-state index contributed by atoms with van der Waals surface area (Å²) in [5.41, 5.74) is 7.17. The van der Waals surface area contributed by atoms with Crippen LogP contribution in [0.4, 0.5) is 0 Å². The fourth-order valence-corrected chi connectivity index (χ4v) is 2.32. The lowest BCUT2D eigenvalue weighted by Crippen LogP contribution is -2.32. The number of para-hydroxylation sites is 1. The Morgan fingerprint density at radius 3 is 2.65 bits per heavy atom. The van der Waals surface area contributed by atoms with Crippen LogP contribution in [0.25, 0.3) is 10.9 Å². The molecule has 1 aromatic heterocycles. The molecular formula is C14H17Cl2N3O. The van der Waals surface area contributed by atoms with Gasteiger partial charge in [-0.05, 0) is 18.6 Å². The number of amides is 1. The summed E-state index contributed by atoms with van der Waals surface area (Å²) in [6.07, 6.45) is 0.874. The van der Waals surface area contributed by atoms with Crippen molar-refractivity contribution in [3.05, 3.63) is 42.1 Å². The first kappa shape index (κ1) is 16.7. The van der Waals surface area contributed by atoms with Crippen LogP contribution in [-0.4, -0.2) is 34.9 Å².